The summed E-state index contributed by atoms with van der Waals surface area (Å²) in [6, 6.07) is 12.1. The minimum atomic E-state index is -0.607. The first-order valence-electron chi connectivity index (χ1n) is 7.87. The van der Waals surface area contributed by atoms with Crippen molar-refractivity contribution in [2.75, 3.05) is 11.4 Å². The molecule has 26 heavy (non-hydrogen) atoms. The second kappa shape index (κ2) is 6.81. The number of benzene rings is 2. The third-order valence-electron chi connectivity index (χ3n) is 4.24. The lowest BCUT2D eigenvalue weighted by atomic mass is 10.1. The average molecular weight is 437 g/mol. The van der Waals surface area contributed by atoms with Crippen LogP contribution in [0.2, 0.25) is 5.02 Å². The van der Waals surface area contributed by atoms with Gasteiger partial charge in [-0.2, -0.15) is 4.98 Å². The molecule has 1 atom stereocenters. The molecule has 0 N–H and O–H groups in total. The molecule has 4 rings (SSSR count). The number of anilines is 1. The molecule has 8 heteroatoms. The summed E-state index contributed by atoms with van der Waals surface area (Å²) in [7, 11) is 0. The summed E-state index contributed by atoms with van der Waals surface area (Å²) >= 11 is 9.19. The van der Waals surface area contributed by atoms with E-state index in [-0.39, 0.29) is 35.5 Å². The molecule has 1 aliphatic rings. The SMILES string of the molecule is O=C1CC(c2nc(-c3ccc(Br)cc3)no2)CN1c1cccc(Cl)c1F. The predicted molar refractivity (Wildman–Crippen MR) is 98.6 cm³/mol. The van der Waals surface area contributed by atoms with Crippen LogP contribution in [-0.4, -0.2) is 22.6 Å². The van der Waals surface area contributed by atoms with E-state index in [9.17, 15) is 9.18 Å². The molecule has 0 aliphatic carbocycles. The summed E-state index contributed by atoms with van der Waals surface area (Å²) in [5.74, 6) is -0.296. The number of amides is 1. The maximum Gasteiger partial charge on any atom is 0.232 e. The molecule has 1 fully saturated rings. The van der Waals surface area contributed by atoms with Crippen molar-refractivity contribution in [3.8, 4) is 11.4 Å². The predicted octanol–water partition coefficient (Wildman–Crippen LogP) is 4.81. The van der Waals surface area contributed by atoms with E-state index in [1.54, 1.807) is 6.07 Å². The van der Waals surface area contributed by atoms with Crippen LogP contribution in [0.3, 0.4) is 0 Å². The second-order valence-electron chi connectivity index (χ2n) is 5.94. The van der Waals surface area contributed by atoms with Gasteiger partial charge in [0, 0.05) is 23.0 Å². The molecule has 1 amide bonds. The Labute approximate surface area is 161 Å². The summed E-state index contributed by atoms with van der Waals surface area (Å²) in [5, 5.41) is 3.97. The van der Waals surface area contributed by atoms with Crippen LogP contribution in [0.1, 0.15) is 18.2 Å². The topological polar surface area (TPSA) is 59.2 Å². The van der Waals surface area contributed by atoms with Crippen molar-refractivity contribution in [1.82, 2.24) is 10.1 Å². The van der Waals surface area contributed by atoms with E-state index in [4.69, 9.17) is 16.1 Å². The van der Waals surface area contributed by atoms with Gasteiger partial charge in [0.25, 0.3) is 0 Å². The van der Waals surface area contributed by atoms with Crippen molar-refractivity contribution < 1.29 is 13.7 Å². The molecule has 1 saturated heterocycles. The first-order valence-corrected chi connectivity index (χ1v) is 9.04. The third kappa shape index (κ3) is 3.12. The highest BCUT2D eigenvalue weighted by atomic mass is 79.9. The van der Waals surface area contributed by atoms with Gasteiger partial charge in [0.05, 0.1) is 16.6 Å². The molecule has 0 radical (unpaired) electrons. The van der Waals surface area contributed by atoms with Crippen molar-refractivity contribution in [2.45, 2.75) is 12.3 Å². The first kappa shape index (κ1) is 17.2. The Bertz CT molecular complexity index is 977. The minimum Gasteiger partial charge on any atom is -0.339 e. The van der Waals surface area contributed by atoms with Crippen molar-refractivity contribution in [3.63, 3.8) is 0 Å². The van der Waals surface area contributed by atoms with Crippen LogP contribution in [0.15, 0.2) is 51.5 Å². The molecule has 0 saturated carbocycles. The maximum atomic E-state index is 14.2. The number of carbonyl (C=O) groups excluding carboxylic acids is 1. The number of hydrogen-bond acceptors (Lipinski definition) is 4. The summed E-state index contributed by atoms with van der Waals surface area (Å²) in [6.07, 6.45) is 0.175. The zero-order chi connectivity index (χ0) is 18.3. The van der Waals surface area contributed by atoms with Crippen LogP contribution >= 0.6 is 27.5 Å². The van der Waals surface area contributed by atoms with E-state index in [1.165, 1.54) is 17.0 Å². The van der Waals surface area contributed by atoms with Gasteiger partial charge in [-0.15, -0.1) is 0 Å². The molecule has 5 nitrogen and oxygen atoms in total. The summed E-state index contributed by atoms with van der Waals surface area (Å²) in [4.78, 5) is 18.1. The molecule has 3 aromatic rings. The van der Waals surface area contributed by atoms with Gasteiger partial charge in [0.15, 0.2) is 5.82 Å². The number of nitrogens with zero attached hydrogens (tertiary/aromatic N) is 3. The Morgan fingerprint density at radius 3 is 2.77 bits per heavy atom. The Hall–Kier alpha value is -2.25. The van der Waals surface area contributed by atoms with Crippen molar-refractivity contribution in [3.05, 3.63) is 63.7 Å². The van der Waals surface area contributed by atoms with Gasteiger partial charge in [-0.25, -0.2) is 4.39 Å². The Morgan fingerprint density at radius 2 is 2.00 bits per heavy atom. The highest BCUT2D eigenvalue weighted by Crippen LogP contribution is 2.34. The summed E-state index contributed by atoms with van der Waals surface area (Å²) < 4.78 is 20.5. The quantitative estimate of drug-likeness (QED) is 0.591. The van der Waals surface area contributed by atoms with Crippen LogP contribution in [0.5, 0.6) is 0 Å². The number of aromatic nitrogens is 2. The number of carbonyl (C=O) groups is 1. The fourth-order valence-electron chi connectivity index (χ4n) is 2.92. The lowest BCUT2D eigenvalue weighted by Crippen LogP contribution is -2.25. The van der Waals surface area contributed by atoms with E-state index >= 15 is 0 Å². The van der Waals surface area contributed by atoms with E-state index in [2.05, 4.69) is 26.1 Å². The van der Waals surface area contributed by atoms with Gasteiger partial charge in [-0.1, -0.05) is 38.8 Å². The van der Waals surface area contributed by atoms with Gasteiger partial charge in [-0.3, -0.25) is 4.79 Å². The van der Waals surface area contributed by atoms with E-state index in [0.717, 1.165) is 10.0 Å². The van der Waals surface area contributed by atoms with Crippen molar-refractivity contribution in [2.24, 2.45) is 0 Å². The Morgan fingerprint density at radius 1 is 1.23 bits per heavy atom. The lowest BCUT2D eigenvalue weighted by molar-refractivity contribution is -0.117. The normalized spacial score (nSPS) is 17.1. The van der Waals surface area contributed by atoms with Gasteiger partial charge in [0.2, 0.25) is 17.6 Å². The molecule has 132 valence electrons. The van der Waals surface area contributed by atoms with Crippen molar-refractivity contribution in [1.29, 1.82) is 0 Å². The van der Waals surface area contributed by atoms with E-state index in [0.29, 0.717) is 11.7 Å². The number of rotatable bonds is 3. The second-order valence-corrected chi connectivity index (χ2v) is 7.26. The van der Waals surface area contributed by atoms with E-state index in [1.807, 2.05) is 24.3 Å². The number of hydrogen-bond donors (Lipinski definition) is 0. The average Bonchev–Trinajstić information content (AvgIpc) is 3.25. The first-order chi connectivity index (χ1) is 12.5. The Kier molecular flexibility index (Phi) is 4.50. The Balaban J connectivity index is 1.58. The van der Waals surface area contributed by atoms with Crippen LogP contribution in [-0.2, 0) is 4.79 Å². The zero-order valence-electron chi connectivity index (χ0n) is 13.3. The molecule has 2 heterocycles. The third-order valence-corrected chi connectivity index (χ3v) is 5.06. The molecular weight excluding hydrogens is 425 g/mol. The minimum absolute atomic E-state index is 0.0194. The molecule has 0 spiro atoms. The van der Waals surface area contributed by atoms with Crippen LogP contribution in [0.4, 0.5) is 10.1 Å². The van der Waals surface area contributed by atoms with Crippen LogP contribution in [0.25, 0.3) is 11.4 Å². The highest BCUT2D eigenvalue weighted by Gasteiger charge is 2.36. The molecular formula is C18H12BrClFN3O2. The fourth-order valence-corrected chi connectivity index (χ4v) is 3.36. The highest BCUT2D eigenvalue weighted by molar-refractivity contribution is 9.10. The molecule has 1 aliphatic heterocycles. The smallest absolute Gasteiger partial charge is 0.232 e. The van der Waals surface area contributed by atoms with Gasteiger partial charge in [-0.05, 0) is 36.4 Å². The largest absolute Gasteiger partial charge is 0.339 e. The molecule has 2 aromatic carbocycles. The van der Waals surface area contributed by atoms with Gasteiger partial charge in [0.1, 0.15) is 0 Å². The van der Waals surface area contributed by atoms with Crippen LogP contribution < -0.4 is 4.90 Å². The monoisotopic (exact) mass is 435 g/mol. The summed E-state index contributed by atoms with van der Waals surface area (Å²) in [5.41, 5.74) is 0.975. The fraction of sp³-hybridized carbons (Fsp3) is 0.167. The summed E-state index contributed by atoms with van der Waals surface area (Å²) in [6.45, 7) is 0.262. The lowest BCUT2D eigenvalue weighted by Gasteiger charge is -2.17. The van der Waals surface area contributed by atoms with E-state index < -0.39 is 5.82 Å². The number of halogens is 3. The van der Waals surface area contributed by atoms with Gasteiger partial charge >= 0.3 is 0 Å². The van der Waals surface area contributed by atoms with Crippen LogP contribution in [0, 0.1) is 5.82 Å². The van der Waals surface area contributed by atoms with Crippen molar-refractivity contribution >= 4 is 39.1 Å². The maximum absolute atomic E-state index is 14.2. The standard InChI is InChI=1S/C18H12BrClFN3O2/c19-12-6-4-10(5-7-12)17-22-18(26-23-17)11-8-15(25)24(9-11)14-3-1-2-13(20)16(14)21/h1-7,11H,8-9H2. The molecule has 1 unspecified atom stereocenters. The molecule has 1 aromatic heterocycles. The van der Waals surface area contributed by atoms with Gasteiger partial charge < -0.3 is 9.42 Å². The zero-order valence-corrected chi connectivity index (χ0v) is 15.7. The molecule has 0 bridgehead atoms.